The molecule has 0 saturated carbocycles. The van der Waals surface area contributed by atoms with E-state index in [0.717, 1.165) is 5.56 Å². The lowest BCUT2D eigenvalue weighted by Gasteiger charge is -2.05. The van der Waals surface area contributed by atoms with Gasteiger partial charge in [0.2, 0.25) is 6.79 Å². The number of rotatable bonds is 4. The van der Waals surface area contributed by atoms with Crippen LogP contribution in [0.15, 0.2) is 24.3 Å². The molecule has 0 aliphatic rings. The van der Waals surface area contributed by atoms with Gasteiger partial charge in [-0.3, -0.25) is 0 Å². The highest BCUT2D eigenvalue weighted by atomic mass is 16.7. The van der Waals surface area contributed by atoms with E-state index < -0.39 is 0 Å². The van der Waals surface area contributed by atoms with E-state index in [4.69, 9.17) is 4.74 Å². The molecule has 0 saturated heterocycles. The first-order chi connectivity index (χ1) is 5.84. The topological polar surface area (TPSA) is 35.5 Å². The molecule has 0 aliphatic carbocycles. The molecule has 0 aliphatic heterocycles. The number of para-hydroxylation sites is 1. The fraction of sp³-hybridized carbons (Fsp3) is 0.222. The average Bonchev–Trinajstić information content (AvgIpc) is 2.09. The molecular formula is C9H9O3. The molecular weight excluding hydrogens is 156 g/mol. The first-order valence-electron chi connectivity index (χ1n) is 3.52. The van der Waals surface area contributed by atoms with Crippen LogP contribution in [0.5, 0.6) is 5.75 Å². The van der Waals surface area contributed by atoms with Gasteiger partial charge in [-0.05, 0) is 18.6 Å². The molecule has 63 valence electrons. The largest absolute Gasteiger partial charge is 0.457 e. The maximum absolute atomic E-state index is 9.65. The number of hydrogen-bond donors (Lipinski definition) is 0. The third-order valence-electron chi connectivity index (χ3n) is 1.43. The maximum Gasteiger partial charge on any atom is 0.420 e. The molecule has 0 bridgehead atoms. The zero-order valence-electron chi connectivity index (χ0n) is 6.74. The Morgan fingerprint density at radius 2 is 2.17 bits per heavy atom. The second-order valence-corrected chi connectivity index (χ2v) is 2.26. The Bertz CT molecular complexity index is 258. The smallest absolute Gasteiger partial charge is 0.420 e. The van der Waals surface area contributed by atoms with Gasteiger partial charge in [-0.15, -0.1) is 0 Å². The van der Waals surface area contributed by atoms with Crippen LogP contribution in [0.25, 0.3) is 0 Å². The summed E-state index contributed by atoms with van der Waals surface area (Å²) in [5, 5.41) is 0. The summed E-state index contributed by atoms with van der Waals surface area (Å²) in [5.74, 6) is 0.716. The molecule has 0 spiro atoms. The highest BCUT2D eigenvalue weighted by molar-refractivity contribution is 5.38. The fourth-order valence-corrected chi connectivity index (χ4v) is 0.835. The molecule has 1 radical (unpaired) electrons. The average molecular weight is 165 g/mol. The van der Waals surface area contributed by atoms with Crippen molar-refractivity contribution in [3.63, 3.8) is 0 Å². The van der Waals surface area contributed by atoms with Crippen LogP contribution in [-0.2, 0) is 9.53 Å². The summed E-state index contributed by atoms with van der Waals surface area (Å²) < 4.78 is 9.36. The predicted octanol–water partition coefficient (Wildman–Crippen LogP) is 1.42. The summed E-state index contributed by atoms with van der Waals surface area (Å²) in [7, 11) is 0. The highest BCUT2D eigenvalue weighted by Crippen LogP contribution is 2.15. The van der Waals surface area contributed by atoms with E-state index in [1.807, 2.05) is 31.2 Å². The zero-order valence-corrected chi connectivity index (χ0v) is 6.74. The van der Waals surface area contributed by atoms with Crippen molar-refractivity contribution >= 4 is 6.47 Å². The minimum absolute atomic E-state index is 0.0889. The quantitative estimate of drug-likeness (QED) is 0.500. The number of hydrogen-bond acceptors (Lipinski definition) is 3. The van der Waals surface area contributed by atoms with Gasteiger partial charge in [0.05, 0.1) is 0 Å². The molecule has 0 amide bonds. The van der Waals surface area contributed by atoms with Crippen LogP contribution in [0.2, 0.25) is 0 Å². The van der Waals surface area contributed by atoms with Crippen LogP contribution in [0.4, 0.5) is 0 Å². The van der Waals surface area contributed by atoms with E-state index in [1.165, 1.54) is 6.47 Å². The summed E-state index contributed by atoms with van der Waals surface area (Å²) in [6, 6.07) is 7.49. The lowest BCUT2D eigenvalue weighted by Crippen LogP contribution is -2.01. The second kappa shape index (κ2) is 4.38. The van der Waals surface area contributed by atoms with E-state index in [-0.39, 0.29) is 6.79 Å². The van der Waals surface area contributed by atoms with Crippen molar-refractivity contribution in [3.8, 4) is 5.75 Å². The van der Waals surface area contributed by atoms with Crippen LogP contribution in [0.1, 0.15) is 5.56 Å². The monoisotopic (exact) mass is 165 g/mol. The fourth-order valence-electron chi connectivity index (χ4n) is 0.835. The van der Waals surface area contributed by atoms with Gasteiger partial charge in [0.1, 0.15) is 5.75 Å². The molecule has 0 aromatic heterocycles. The number of aryl methyl sites for hydroxylation is 1. The number of ether oxygens (including phenoxy) is 2. The second-order valence-electron chi connectivity index (χ2n) is 2.26. The van der Waals surface area contributed by atoms with Crippen LogP contribution < -0.4 is 4.74 Å². The molecule has 1 aromatic carbocycles. The van der Waals surface area contributed by atoms with Gasteiger partial charge < -0.3 is 9.47 Å². The Hall–Kier alpha value is -1.51. The Labute approximate surface area is 70.9 Å². The third-order valence-corrected chi connectivity index (χ3v) is 1.43. The minimum Gasteiger partial charge on any atom is -0.457 e. The van der Waals surface area contributed by atoms with Crippen LogP contribution in [0, 0.1) is 6.92 Å². The Morgan fingerprint density at radius 3 is 2.83 bits per heavy atom. The molecule has 3 nitrogen and oxygen atoms in total. The lowest BCUT2D eigenvalue weighted by atomic mass is 10.2. The Kier molecular flexibility index (Phi) is 3.14. The van der Waals surface area contributed by atoms with Gasteiger partial charge in [-0.2, -0.15) is 0 Å². The molecule has 0 N–H and O–H groups in total. The maximum atomic E-state index is 9.65. The van der Waals surface area contributed by atoms with Crippen molar-refractivity contribution in [1.82, 2.24) is 0 Å². The molecule has 1 rings (SSSR count). The number of benzene rings is 1. The van der Waals surface area contributed by atoms with E-state index in [9.17, 15) is 4.79 Å². The van der Waals surface area contributed by atoms with E-state index in [1.54, 1.807) is 0 Å². The van der Waals surface area contributed by atoms with Gasteiger partial charge >= 0.3 is 6.47 Å². The molecule has 1 aromatic rings. The van der Waals surface area contributed by atoms with Gasteiger partial charge in [0, 0.05) is 0 Å². The standard InChI is InChI=1S/C9H9O3/c1-8-4-2-3-5-9(8)12-7-11-6-10/h2-5H,7H2,1H3. The summed E-state index contributed by atoms with van der Waals surface area (Å²) in [4.78, 5) is 9.65. The molecule has 0 atom stereocenters. The minimum atomic E-state index is -0.0889. The number of carbonyl (C=O) groups excluding carboxylic acids is 1. The first-order valence-corrected chi connectivity index (χ1v) is 3.52. The SMILES string of the molecule is Cc1ccccc1OCO[C]=O. The van der Waals surface area contributed by atoms with Crippen molar-refractivity contribution in [1.29, 1.82) is 0 Å². The molecule has 0 heterocycles. The summed E-state index contributed by atoms with van der Waals surface area (Å²) in [5.41, 5.74) is 1.01. The van der Waals surface area contributed by atoms with Gasteiger partial charge in [0.25, 0.3) is 0 Å². The highest BCUT2D eigenvalue weighted by Gasteiger charge is 1.95. The van der Waals surface area contributed by atoms with E-state index in [2.05, 4.69) is 4.74 Å². The molecule has 3 heteroatoms. The third kappa shape index (κ3) is 2.27. The van der Waals surface area contributed by atoms with Crippen LogP contribution in [0.3, 0.4) is 0 Å². The normalized spacial score (nSPS) is 9.08. The summed E-state index contributed by atoms with van der Waals surface area (Å²) in [6.45, 7) is 3.11. The first kappa shape index (κ1) is 8.59. The molecule has 12 heavy (non-hydrogen) atoms. The zero-order chi connectivity index (χ0) is 8.81. The van der Waals surface area contributed by atoms with E-state index in [0.29, 0.717) is 5.75 Å². The predicted molar refractivity (Wildman–Crippen MR) is 43.5 cm³/mol. The summed E-state index contributed by atoms with van der Waals surface area (Å²) in [6.07, 6.45) is 0. The van der Waals surface area contributed by atoms with Crippen LogP contribution in [-0.4, -0.2) is 13.3 Å². The Balaban J connectivity index is 2.51. The lowest BCUT2D eigenvalue weighted by molar-refractivity contribution is 0.104. The summed E-state index contributed by atoms with van der Waals surface area (Å²) >= 11 is 0. The van der Waals surface area contributed by atoms with Crippen molar-refractivity contribution in [2.45, 2.75) is 6.92 Å². The molecule has 0 fully saturated rings. The van der Waals surface area contributed by atoms with Crippen molar-refractivity contribution < 1.29 is 14.3 Å². The van der Waals surface area contributed by atoms with Gasteiger partial charge in [-0.1, -0.05) is 18.2 Å². The Morgan fingerprint density at radius 1 is 1.42 bits per heavy atom. The van der Waals surface area contributed by atoms with Crippen molar-refractivity contribution in [2.24, 2.45) is 0 Å². The van der Waals surface area contributed by atoms with Gasteiger partial charge in [0.15, 0.2) is 0 Å². The van der Waals surface area contributed by atoms with E-state index >= 15 is 0 Å². The van der Waals surface area contributed by atoms with Gasteiger partial charge in [-0.25, -0.2) is 4.79 Å². The van der Waals surface area contributed by atoms with Crippen molar-refractivity contribution in [2.75, 3.05) is 6.79 Å². The van der Waals surface area contributed by atoms with Crippen LogP contribution >= 0.6 is 0 Å². The van der Waals surface area contributed by atoms with Crippen molar-refractivity contribution in [3.05, 3.63) is 29.8 Å². The molecule has 0 unspecified atom stereocenters.